The highest BCUT2D eigenvalue weighted by Crippen LogP contribution is 2.27. The van der Waals surface area contributed by atoms with Crippen LogP contribution in [0.1, 0.15) is 62.7 Å². The van der Waals surface area contributed by atoms with Crippen LogP contribution in [0.15, 0.2) is 28.8 Å². The third kappa shape index (κ3) is 3.53. The molecule has 0 fully saturated rings. The minimum atomic E-state index is -0.597. The van der Waals surface area contributed by atoms with Crippen molar-refractivity contribution >= 4 is 5.78 Å². The largest absolute Gasteiger partial charge is 0.481 e. The fourth-order valence-corrected chi connectivity index (χ4v) is 1.93. The summed E-state index contributed by atoms with van der Waals surface area (Å²) < 4.78 is 25.1. The summed E-state index contributed by atoms with van der Waals surface area (Å²) in [7, 11) is 0. The Balaban J connectivity index is 2.15. The van der Waals surface area contributed by atoms with Gasteiger partial charge in [-0.15, -0.1) is 0 Å². The number of carbonyl (C=O) groups is 1. The van der Waals surface area contributed by atoms with Crippen molar-refractivity contribution < 1.29 is 18.3 Å². The maximum atomic E-state index is 13.8. The van der Waals surface area contributed by atoms with Gasteiger partial charge >= 0.3 is 0 Å². The third-order valence-corrected chi connectivity index (χ3v) is 3.24. The molecule has 0 aliphatic heterocycles. The van der Waals surface area contributed by atoms with Gasteiger partial charge in [0.05, 0.1) is 11.8 Å². The number of hydrogen-bond acceptors (Lipinski definition) is 4. The Labute approximate surface area is 129 Å². The van der Waals surface area contributed by atoms with Crippen LogP contribution in [0.5, 0.6) is 5.75 Å². The molecule has 1 aromatic heterocycles. The predicted molar refractivity (Wildman–Crippen MR) is 80.7 cm³/mol. The Morgan fingerprint density at radius 3 is 2.55 bits per heavy atom. The second-order valence-corrected chi connectivity index (χ2v) is 6.27. The first-order valence-corrected chi connectivity index (χ1v) is 7.12. The molecule has 0 spiro atoms. The minimum absolute atomic E-state index is 0.0474. The molecule has 0 bridgehead atoms. The van der Waals surface area contributed by atoms with Crippen molar-refractivity contribution in [3.8, 4) is 5.75 Å². The number of oxazole rings is 1. The molecule has 0 radical (unpaired) electrons. The van der Waals surface area contributed by atoms with E-state index in [1.807, 2.05) is 20.8 Å². The number of halogens is 1. The normalized spacial score (nSPS) is 13.0. The van der Waals surface area contributed by atoms with Gasteiger partial charge in [0.25, 0.3) is 0 Å². The lowest BCUT2D eigenvalue weighted by Gasteiger charge is -2.15. The van der Waals surface area contributed by atoms with Crippen molar-refractivity contribution in [2.24, 2.45) is 0 Å². The number of Topliss-reactive ketones (excluding diaryl/α,β-unsaturated/α-hetero) is 1. The fraction of sp³-hybridized carbons (Fsp3) is 0.412. The van der Waals surface area contributed by atoms with Crippen LogP contribution in [0.4, 0.5) is 4.39 Å². The molecule has 1 aromatic carbocycles. The molecule has 4 nitrogen and oxygen atoms in total. The molecule has 0 aliphatic carbocycles. The summed E-state index contributed by atoms with van der Waals surface area (Å²) in [5.74, 6) is 0.599. The third-order valence-electron chi connectivity index (χ3n) is 3.24. The number of benzene rings is 1. The fourth-order valence-electron chi connectivity index (χ4n) is 1.93. The highest BCUT2D eigenvalue weighted by atomic mass is 19.1. The van der Waals surface area contributed by atoms with E-state index >= 15 is 0 Å². The van der Waals surface area contributed by atoms with Crippen molar-refractivity contribution in [2.45, 2.75) is 46.1 Å². The smallest absolute Gasteiger partial charge is 0.235 e. The van der Waals surface area contributed by atoms with Gasteiger partial charge in [-0.2, -0.15) is 0 Å². The van der Waals surface area contributed by atoms with E-state index in [9.17, 15) is 9.18 Å². The van der Waals surface area contributed by atoms with E-state index in [0.29, 0.717) is 11.6 Å². The summed E-state index contributed by atoms with van der Waals surface area (Å²) in [6.45, 7) is 9.17. The van der Waals surface area contributed by atoms with E-state index in [0.717, 1.165) is 5.76 Å². The highest BCUT2D eigenvalue weighted by molar-refractivity contribution is 5.94. The van der Waals surface area contributed by atoms with Gasteiger partial charge in [0.15, 0.2) is 11.9 Å². The van der Waals surface area contributed by atoms with Crippen LogP contribution in [0, 0.1) is 5.82 Å². The van der Waals surface area contributed by atoms with Crippen LogP contribution in [-0.2, 0) is 5.41 Å². The zero-order chi connectivity index (χ0) is 16.5. The van der Waals surface area contributed by atoms with Crippen LogP contribution in [-0.4, -0.2) is 10.8 Å². The maximum Gasteiger partial charge on any atom is 0.235 e. The summed E-state index contributed by atoms with van der Waals surface area (Å²) in [6, 6.07) is 4.17. The first-order chi connectivity index (χ1) is 10.2. The van der Waals surface area contributed by atoms with Gasteiger partial charge in [-0.3, -0.25) is 4.79 Å². The van der Waals surface area contributed by atoms with Gasteiger partial charge in [0.2, 0.25) is 5.89 Å². The SMILES string of the molecule is CC(=O)c1ccc(OC(C)c2ncc(C(C)(C)C)o2)cc1F. The number of ether oxygens (including phenoxy) is 1. The Morgan fingerprint density at radius 1 is 1.36 bits per heavy atom. The Hall–Kier alpha value is -2.17. The lowest BCUT2D eigenvalue weighted by atomic mass is 9.94. The molecule has 0 N–H and O–H groups in total. The molecule has 1 heterocycles. The quantitative estimate of drug-likeness (QED) is 0.783. The van der Waals surface area contributed by atoms with Crippen molar-refractivity contribution in [1.82, 2.24) is 4.98 Å². The highest BCUT2D eigenvalue weighted by Gasteiger charge is 2.22. The van der Waals surface area contributed by atoms with Crippen molar-refractivity contribution in [2.75, 3.05) is 0 Å². The second kappa shape index (κ2) is 5.91. The number of rotatable bonds is 4. The molecule has 2 aromatic rings. The molecule has 0 saturated carbocycles. The van der Waals surface area contributed by atoms with Gasteiger partial charge in [0.1, 0.15) is 17.3 Å². The Morgan fingerprint density at radius 2 is 2.05 bits per heavy atom. The van der Waals surface area contributed by atoms with Gasteiger partial charge < -0.3 is 9.15 Å². The molecule has 1 unspecified atom stereocenters. The summed E-state index contributed by atoms with van der Waals surface area (Å²) >= 11 is 0. The number of aromatic nitrogens is 1. The summed E-state index contributed by atoms with van der Waals surface area (Å²) in [6.07, 6.45) is 1.22. The summed E-state index contributed by atoms with van der Waals surface area (Å²) in [5, 5.41) is 0. The Bertz CT molecular complexity index is 685. The van der Waals surface area contributed by atoms with E-state index < -0.39 is 11.9 Å². The standard InChI is InChI=1S/C17H20FNO3/c1-10(20)13-7-6-12(8-14(13)18)21-11(2)16-19-9-15(22-16)17(3,4)5/h6-9,11H,1-5H3. The van der Waals surface area contributed by atoms with Crippen LogP contribution >= 0.6 is 0 Å². The van der Waals surface area contributed by atoms with Crippen molar-refractivity contribution in [1.29, 1.82) is 0 Å². The lowest BCUT2D eigenvalue weighted by molar-refractivity contribution is 0.101. The van der Waals surface area contributed by atoms with E-state index in [1.165, 1.54) is 19.1 Å². The van der Waals surface area contributed by atoms with Gasteiger partial charge in [-0.25, -0.2) is 9.37 Å². The predicted octanol–water partition coefficient (Wildman–Crippen LogP) is 4.45. The molecule has 118 valence electrons. The summed E-state index contributed by atoms with van der Waals surface area (Å²) in [5.41, 5.74) is -0.0913. The van der Waals surface area contributed by atoms with E-state index in [4.69, 9.17) is 9.15 Å². The molecule has 22 heavy (non-hydrogen) atoms. The lowest BCUT2D eigenvalue weighted by Crippen LogP contribution is -2.09. The molecule has 0 aliphatic rings. The van der Waals surface area contributed by atoms with Crippen LogP contribution < -0.4 is 4.74 Å². The number of carbonyl (C=O) groups excluding carboxylic acids is 1. The van der Waals surface area contributed by atoms with Gasteiger partial charge in [0, 0.05) is 11.5 Å². The molecular formula is C17H20FNO3. The van der Waals surface area contributed by atoms with Gasteiger partial charge in [-0.05, 0) is 26.0 Å². The van der Waals surface area contributed by atoms with Gasteiger partial charge in [-0.1, -0.05) is 20.8 Å². The number of hydrogen-bond donors (Lipinski definition) is 0. The van der Waals surface area contributed by atoms with Crippen molar-refractivity contribution in [3.63, 3.8) is 0 Å². The molecule has 0 amide bonds. The van der Waals surface area contributed by atoms with E-state index in [2.05, 4.69) is 4.98 Å². The second-order valence-electron chi connectivity index (χ2n) is 6.27. The first-order valence-electron chi connectivity index (χ1n) is 7.12. The zero-order valence-electron chi connectivity index (χ0n) is 13.4. The Kier molecular flexibility index (Phi) is 4.35. The van der Waals surface area contributed by atoms with Crippen LogP contribution in [0.2, 0.25) is 0 Å². The van der Waals surface area contributed by atoms with Crippen LogP contribution in [0.25, 0.3) is 0 Å². The zero-order valence-corrected chi connectivity index (χ0v) is 13.4. The molecular weight excluding hydrogens is 285 g/mol. The number of nitrogens with zero attached hydrogens (tertiary/aromatic N) is 1. The van der Waals surface area contributed by atoms with Crippen molar-refractivity contribution in [3.05, 3.63) is 47.4 Å². The molecule has 5 heteroatoms. The monoisotopic (exact) mass is 305 g/mol. The van der Waals surface area contributed by atoms with Crippen LogP contribution in [0.3, 0.4) is 0 Å². The first kappa shape index (κ1) is 16.2. The average Bonchev–Trinajstić information content (AvgIpc) is 2.87. The number of ketones is 1. The maximum absolute atomic E-state index is 13.8. The topological polar surface area (TPSA) is 52.3 Å². The minimum Gasteiger partial charge on any atom is -0.481 e. The molecule has 1 atom stereocenters. The van der Waals surface area contributed by atoms with E-state index in [1.54, 1.807) is 19.2 Å². The summed E-state index contributed by atoms with van der Waals surface area (Å²) in [4.78, 5) is 15.4. The average molecular weight is 305 g/mol. The van der Waals surface area contributed by atoms with E-state index in [-0.39, 0.29) is 16.8 Å². The molecule has 2 rings (SSSR count). The molecule has 0 saturated heterocycles.